The van der Waals surface area contributed by atoms with E-state index in [1.54, 1.807) is 18.5 Å². The van der Waals surface area contributed by atoms with E-state index in [2.05, 4.69) is 23.7 Å². The fraction of sp³-hybridized carbons (Fsp3) is 0.250. The van der Waals surface area contributed by atoms with Crippen LogP contribution < -0.4 is 0 Å². The minimum Gasteiger partial charge on any atom is -0.340 e. The minimum atomic E-state index is -0.310. The van der Waals surface area contributed by atoms with Gasteiger partial charge in [0.1, 0.15) is 0 Å². The average Bonchev–Trinajstić information content (AvgIpc) is 3.00. The lowest BCUT2D eigenvalue weighted by atomic mass is 9.91. The van der Waals surface area contributed by atoms with Crippen molar-refractivity contribution < 1.29 is 9.59 Å². The molecule has 4 rings (SSSR count). The standard InChI is InChI=1S/C28H29N3O2/c1-2-16-30-17-18-31(27(32)19-22-8-4-3-5-9-22)21-25(28(30)33)20-24-10-6-7-11-26(24)23-12-14-29-15-13-23/h2-15,25H,1,16-21H2/t25-/m1/s1. The molecule has 1 fully saturated rings. The maximum atomic E-state index is 13.4. The Morgan fingerprint density at radius 3 is 2.48 bits per heavy atom. The number of hydrogen-bond acceptors (Lipinski definition) is 3. The van der Waals surface area contributed by atoms with Crippen LogP contribution in [0.4, 0.5) is 0 Å². The largest absolute Gasteiger partial charge is 0.340 e. The summed E-state index contributed by atoms with van der Waals surface area (Å²) < 4.78 is 0. The number of nitrogens with zero attached hydrogens (tertiary/aromatic N) is 3. The molecule has 168 valence electrons. The summed E-state index contributed by atoms with van der Waals surface area (Å²) in [6.45, 7) is 5.78. The van der Waals surface area contributed by atoms with Crippen molar-refractivity contribution in [3.05, 3.63) is 103 Å². The normalized spacial score (nSPS) is 16.4. The van der Waals surface area contributed by atoms with E-state index in [-0.39, 0.29) is 17.7 Å². The molecule has 1 atom stereocenters. The summed E-state index contributed by atoms with van der Waals surface area (Å²) in [6, 6.07) is 21.9. The van der Waals surface area contributed by atoms with E-state index in [1.165, 1.54) is 0 Å². The molecule has 0 bridgehead atoms. The van der Waals surface area contributed by atoms with E-state index < -0.39 is 0 Å². The molecule has 33 heavy (non-hydrogen) atoms. The van der Waals surface area contributed by atoms with Crippen LogP contribution in [0.25, 0.3) is 11.1 Å². The van der Waals surface area contributed by atoms with Gasteiger partial charge in [0.05, 0.1) is 12.3 Å². The quantitative estimate of drug-likeness (QED) is 0.523. The third-order valence-electron chi connectivity index (χ3n) is 6.12. The maximum Gasteiger partial charge on any atom is 0.228 e. The van der Waals surface area contributed by atoms with Gasteiger partial charge < -0.3 is 9.80 Å². The van der Waals surface area contributed by atoms with Gasteiger partial charge in [-0.05, 0) is 40.8 Å². The van der Waals surface area contributed by atoms with Gasteiger partial charge in [-0.2, -0.15) is 0 Å². The van der Waals surface area contributed by atoms with Gasteiger partial charge in [0.2, 0.25) is 11.8 Å². The Labute approximate surface area is 195 Å². The van der Waals surface area contributed by atoms with Gasteiger partial charge in [0.15, 0.2) is 0 Å². The Hall–Kier alpha value is -3.73. The summed E-state index contributed by atoms with van der Waals surface area (Å²) >= 11 is 0. The lowest BCUT2D eigenvalue weighted by Crippen LogP contribution is -2.38. The first-order valence-electron chi connectivity index (χ1n) is 11.4. The van der Waals surface area contributed by atoms with Crippen LogP contribution in [0.1, 0.15) is 11.1 Å². The molecule has 0 unspecified atom stereocenters. The lowest BCUT2D eigenvalue weighted by molar-refractivity contribution is -0.134. The zero-order valence-electron chi connectivity index (χ0n) is 18.8. The Bertz CT molecular complexity index is 1100. The average molecular weight is 440 g/mol. The van der Waals surface area contributed by atoms with Gasteiger partial charge in [-0.1, -0.05) is 60.7 Å². The summed E-state index contributed by atoms with van der Waals surface area (Å²) in [5.41, 5.74) is 4.24. The molecule has 2 amide bonds. The topological polar surface area (TPSA) is 53.5 Å². The van der Waals surface area contributed by atoms with Crippen LogP contribution in [0.15, 0.2) is 91.8 Å². The van der Waals surface area contributed by atoms with Crippen molar-refractivity contribution in [1.82, 2.24) is 14.8 Å². The molecule has 0 N–H and O–H groups in total. The fourth-order valence-corrected chi connectivity index (χ4v) is 4.42. The van der Waals surface area contributed by atoms with E-state index in [0.29, 0.717) is 39.0 Å². The number of benzene rings is 2. The Balaban J connectivity index is 1.59. The van der Waals surface area contributed by atoms with Crippen LogP contribution >= 0.6 is 0 Å². The van der Waals surface area contributed by atoms with Gasteiger partial charge in [0, 0.05) is 38.6 Å². The Morgan fingerprint density at radius 1 is 1.00 bits per heavy atom. The monoisotopic (exact) mass is 439 g/mol. The molecule has 0 radical (unpaired) electrons. The van der Waals surface area contributed by atoms with Crippen LogP contribution in [0.2, 0.25) is 0 Å². The molecule has 0 spiro atoms. The number of carbonyl (C=O) groups excluding carboxylic acids is 2. The van der Waals surface area contributed by atoms with Crippen molar-refractivity contribution >= 4 is 11.8 Å². The minimum absolute atomic E-state index is 0.0573. The molecule has 3 aromatic rings. The van der Waals surface area contributed by atoms with Crippen LogP contribution in [0.3, 0.4) is 0 Å². The molecule has 1 aromatic heterocycles. The summed E-state index contributed by atoms with van der Waals surface area (Å²) in [4.78, 5) is 34.4. The summed E-state index contributed by atoms with van der Waals surface area (Å²) in [5, 5.41) is 0. The number of aromatic nitrogens is 1. The van der Waals surface area contributed by atoms with E-state index in [4.69, 9.17) is 0 Å². The van der Waals surface area contributed by atoms with Crippen molar-refractivity contribution in [3.8, 4) is 11.1 Å². The predicted molar refractivity (Wildman–Crippen MR) is 130 cm³/mol. The highest BCUT2D eigenvalue weighted by Crippen LogP contribution is 2.27. The van der Waals surface area contributed by atoms with Crippen LogP contribution in [-0.4, -0.2) is 52.8 Å². The molecular formula is C28H29N3O2. The molecule has 1 saturated heterocycles. The Morgan fingerprint density at radius 2 is 1.73 bits per heavy atom. The van der Waals surface area contributed by atoms with Crippen molar-refractivity contribution in [1.29, 1.82) is 0 Å². The zero-order valence-corrected chi connectivity index (χ0v) is 18.8. The first kappa shape index (κ1) is 22.5. The molecule has 5 nitrogen and oxygen atoms in total. The SMILES string of the molecule is C=CCN1CCN(C(=O)Cc2ccccc2)C[C@@H](Cc2ccccc2-c2ccncc2)C1=O. The van der Waals surface area contributed by atoms with Gasteiger partial charge >= 0.3 is 0 Å². The van der Waals surface area contributed by atoms with Gasteiger partial charge in [0.25, 0.3) is 0 Å². The number of pyridine rings is 1. The first-order chi connectivity index (χ1) is 16.2. The smallest absolute Gasteiger partial charge is 0.228 e. The molecule has 2 heterocycles. The van der Waals surface area contributed by atoms with Crippen molar-refractivity contribution in [2.24, 2.45) is 5.92 Å². The highest BCUT2D eigenvalue weighted by atomic mass is 16.2. The summed E-state index contributed by atoms with van der Waals surface area (Å²) in [7, 11) is 0. The molecule has 1 aliphatic rings. The lowest BCUT2D eigenvalue weighted by Gasteiger charge is -2.24. The van der Waals surface area contributed by atoms with Crippen molar-refractivity contribution in [3.63, 3.8) is 0 Å². The van der Waals surface area contributed by atoms with E-state index >= 15 is 0 Å². The fourth-order valence-electron chi connectivity index (χ4n) is 4.42. The van der Waals surface area contributed by atoms with E-state index in [1.807, 2.05) is 64.4 Å². The maximum absolute atomic E-state index is 13.4. The first-order valence-corrected chi connectivity index (χ1v) is 11.4. The molecular weight excluding hydrogens is 410 g/mol. The van der Waals surface area contributed by atoms with Crippen LogP contribution in [0, 0.1) is 5.92 Å². The Kier molecular flexibility index (Phi) is 7.30. The number of amides is 2. The number of hydrogen-bond donors (Lipinski definition) is 0. The molecule has 1 aliphatic heterocycles. The van der Waals surface area contributed by atoms with Crippen LogP contribution in [0.5, 0.6) is 0 Å². The zero-order chi connectivity index (χ0) is 23.0. The van der Waals surface area contributed by atoms with Crippen LogP contribution in [-0.2, 0) is 22.4 Å². The summed E-state index contributed by atoms with van der Waals surface area (Å²) in [6.07, 6.45) is 6.22. The summed E-state index contributed by atoms with van der Waals surface area (Å²) in [5.74, 6) is -0.175. The number of rotatable bonds is 7. The molecule has 0 saturated carbocycles. The number of carbonyl (C=O) groups is 2. The highest BCUT2D eigenvalue weighted by molar-refractivity contribution is 5.83. The van der Waals surface area contributed by atoms with Gasteiger partial charge in [-0.15, -0.1) is 6.58 Å². The molecule has 5 heteroatoms. The van der Waals surface area contributed by atoms with E-state index in [0.717, 1.165) is 22.3 Å². The molecule has 2 aromatic carbocycles. The van der Waals surface area contributed by atoms with E-state index in [9.17, 15) is 9.59 Å². The second-order valence-corrected chi connectivity index (χ2v) is 8.37. The highest BCUT2D eigenvalue weighted by Gasteiger charge is 2.32. The second kappa shape index (κ2) is 10.7. The van der Waals surface area contributed by atoms with Gasteiger partial charge in [-0.25, -0.2) is 0 Å². The van der Waals surface area contributed by atoms with Crippen molar-refractivity contribution in [2.45, 2.75) is 12.8 Å². The molecule has 0 aliphatic carbocycles. The predicted octanol–water partition coefficient (Wildman–Crippen LogP) is 4.01. The second-order valence-electron chi connectivity index (χ2n) is 8.37. The van der Waals surface area contributed by atoms with Gasteiger partial charge in [-0.3, -0.25) is 14.6 Å². The van der Waals surface area contributed by atoms with Crippen molar-refractivity contribution in [2.75, 3.05) is 26.2 Å². The third-order valence-corrected chi connectivity index (χ3v) is 6.12. The third kappa shape index (κ3) is 5.55.